The van der Waals surface area contributed by atoms with Gasteiger partial charge in [-0.3, -0.25) is 0 Å². The first-order chi connectivity index (χ1) is 15.8. The van der Waals surface area contributed by atoms with Crippen LogP contribution in [0, 0.1) is 0 Å². The van der Waals surface area contributed by atoms with Gasteiger partial charge >= 0.3 is 11.7 Å². The van der Waals surface area contributed by atoms with Gasteiger partial charge in [0.1, 0.15) is 5.01 Å². The standard InChI is InChI=1S/C20H17ClF6N2S2.C3H8/c1-3-4-13(9-12(2)7-8-19(22,23)24)18-28-17(11-30-18)15-6-5-14(10-16(15)21)29-31-20(25,26)27;1-3-2/h3-6,9-11,29H,2,7-8H2,1H3;3H2,1-2H3/b4-3-,13-9+;. The molecule has 2 nitrogen and oxygen atoms in total. The van der Waals surface area contributed by atoms with Gasteiger partial charge in [0.2, 0.25) is 0 Å². The molecule has 0 radical (unpaired) electrons. The molecule has 0 fully saturated rings. The lowest BCUT2D eigenvalue weighted by molar-refractivity contribution is -0.133. The van der Waals surface area contributed by atoms with Crippen molar-refractivity contribution in [3.8, 4) is 11.3 Å². The van der Waals surface area contributed by atoms with Gasteiger partial charge in [0.25, 0.3) is 0 Å². The molecule has 11 heteroatoms. The number of halogens is 7. The highest BCUT2D eigenvalue weighted by atomic mass is 35.5. The topological polar surface area (TPSA) is 24.9 Å². The molecule has 0 saturated heterocycles. The Kier molecular flexibility index (Phi) is 12.3. The Balaban J connectivity index is 0.00000182. The number of allylic oxidation sites excluding steroid dienone is 5. The number of nitrogens with one attached hydrogen (secondary N) is 1. The molecule has 0 amide bonds. The minimum atomic E-state index is -4.44. The Morgan fingerprint density at radius 1 is 1.21 bits per heavy atom. The second-order valence-corrected chi connectivity index (χ2v) is 9.10. The fraction of sp³-hybridized carbons (Fsp3) is 0.348. The molecule has 34 heavy (non-hydrogen) atoms. The highest BCUT2D eigenvalue weighted by molar-refractivity contribution is 8.01. The van der Waals surface area contributed by atoms with Crippen LogP contribution in [-0.4, -0.2) is 16.7 Å². The predicted octanol–water partition coefficient (Wildman–Crippen LogP) is 10.3. The average molecular weight is 543 g/mol. The van der Waals surface area contributed by atoms with E-state index in [2.05, 4.69) is 30.1 Å². The first-order valence-electron chi connectivity index (χ1n) is 10.1. The third-order valence-corrected chi connectivity index (χ3v) is 5.49. The van der Waals surface area contributed by atoms with Crippen molar-refractivity contribution in [3.05, 3.63) is 64.0 Å². The maximum atomic E-state index is 12.4. The summed E-state index contributed by atoms with van der Waals surface area (Å²) in [7, 11) is 0. The van der Waals surface area contributed by atoms with Gasteiger partial charge in [-0.2, -0.15) is 26.3 Å². The van der Waals surface area contributed by atoms with Crippen LogP contribution in [0.3, 0.4) is 0 Å². The molecule has 0 spiro atoms. The molecule has 0 aliphatic carbocycles. The molecule has 0 aliphatic heterocycles. The third kappa shape index (κ3) is 11.5. The van der Waals surface area contributed by atoms with E-state index in [0.29, 0.717) is 27.4 Å². The van der Waals surface area contributed by atoms with Crippen LogP contribution in [0.15, 0.2) is 54.0 Å². The molecule has 188 valence electrons. The van der Waals surface area contributed by atoms with Crippen LogP contribution in [0.25, 0.3) is 16.8 Å². The number of hydrogen-bond donors (Lipinski definition) is 1. The highest BCUT2D eigenvalue weighted by Crippen LogP contribution is 2.36. The molecule has 0 atom stereocenters. The lowest BCUT2D eigenvalue weighted by Crippen LogP contribution is -2.06. The van der Waals surface area contributed by atoms with E-state index in [1.807, 2.05) is 0 Å². The summed E-state index contributed by atoms with van der Waals surface area (Å²) in [5, 5.41) is 2.46. The number of hydrogen-bond acceptors (Lipinski definition) is 4. The molecule has 1 heterocycles. The smallest absolute Gasteiger partial charge is 0.323 e. The predicted molar refractivity (Wildman–Crippen MR) is 133 cm³/mol. The quantitative estimate of drug-likeness (QED) is 0.204. The molecule has 2 rings (SSSR count). The lowest BCUT2D eigenvalue weighted by Gasteiger charge is -2.09. The second-order valence-electron chi connectivity index (χ2n) is 6.96. The Labute approximate surface area is 208 Å². The molecule has 0 unspecified atom stereocenters. The van der Waals surface area contributed by atoms with E-state index >= 15 is 0 Å². The van der Waals surface area contributed by atoms with Gasteiger partial charge in [-0.05, 0) is 37.6 Å². The van der Waals surface area contributed by atoms with Crippen LogP contribution in [0.2, 0.25) is 5.02 Å². The lowest BCUT2D eigenvalue weighted by atomic mass is 10.1. The Bertz CT molecular complexity index is 994. The minimum Gasteiger partial charge on any atom is -0.323 e. The fourth-order valence-corrected chi connectivity index (χ4v) is 3.84. The van der Waals surface area contributed by atoms with Gasteiger partial charge in [-0.1, -0.05) is 56.2 Å². The van der Waals surface area contributed by atoms with E-state index in [1.165, 1.54) is 29.9 Å². The molecule has 1 N–H and O–H groups in total. The van der Waals surface area contributed by atoms with Crippen LogP contribution < -0.4 is 4.72 Å². The minimum absolute atomic E-state index is 0.182. The van der Waals surface area contributed by atoms with E-state index in [0.717, 1.165) is 0 Å². The summed E-state index contributed by atoms with van der Waals surface area (Å²) in [6.07, 6.45) is 0.801. The van der Waals surface area contributed by atoms with Crippen LogP contribution in [0.4, 0.5) is 32.0 Å². The zero-order chi connectivity index (χ0) is 25.9. The number of thiazole rings is 1. The SMILES string of the molecule is C=C(/C=C(\C=C/C)c1nc(-c2ccc(NSC(F)(F)F)cc2Cl)cs1)CCC(F)(F)F.CCC. The Morgan fingerprint density at radius 2 is 1.85 bits per heavy atom. The zero-order valence-electron chi connectivity index (χ0n) is 18.8. The number of aromatic nitrogens is 1. The van der Waals surface area contributed by atoms with E-state index in [9.17, 15) is 26.3 Å². The second kappa shape index (κ2) is 13.8. The maximum Gasteiger partial charge on any atom is 0.461 e. The van der Waals surface area contributed by atoms with E-state index in [1.54, 1.807) is 36.6 Å². The van der Waals surface area contributed by atoms with Gasteiger partial charge in [0.05, 0.1) is 22.7 Å². The monoisotopic (exact) mass is 542 g/mol. The Morgan fingerprint density at radius 3 is 2.38 bits per heavy atom. The van der Waals surface area contributed by atoms with Crippen molar-refractivity contribution in [3.63, 3.8) is 0 Å². The van der Waals surface area contributed by atoms with Crippen molar-refractivity contribution >= 4 is 46.1 Å². The fourth-order valence-electron chi connectivity index (χ4n) is 2.39. The van der Waals surface area contributed by atoms with Gasteiger partial charge < -0.3 is 4.72 Å². The summed E-state index contributed by atoms with van der Waals surface area (Å²) in [5.74, 6) is 0. The van der Waals surface area contributed by atoms with Crippen molar-refractivity contribution in [2.75, 3.05) is 4.72 Å². The zero-order valence-corrected chi connectivity index (χ0v) is 21.2. The van der Waals surface area contributed by atoms with Crippen LogP contribution in [0.1, 0.15) is 45.0 Å². The summed E-state index contributed by atoms with van der Waals surface area (Å²) in [5.41, 5.74) is -2.32. The largest absolute Gasteiger partial charge is 0.461 e. The summed E-state index contributed by atoms with van der Waals surface area (Å²) < 4.78 is 76.4. The third-order valence-electron chi connectivity index (χ3n) is 3.72. The van der Waals surface area contributed by atoms with Crippen molar-refractivity contribution in [1.82, 2.24) is 4.98 Å². The van der Waals surface area contributed by atoms with Crippen molar-refractivity contribution in [2.24, 2.45) is 0 Å². The number of anilines is 1. The molecular weight excluding hydrogens is 518 g/mol. The molecule has 0 bridgehead atoms. The van der Waals surface area contributed by atoms with Gasteiger partial charge in [0.15, 0.2) is 0 Å². The molecule has 2 aromatic rings. The van der Waals surface area contributed by atoms with Crippen LogP contribution in [0.5, 0.6) is 0 Å². The van der Waals surface area contributed by atoms with Crippen LogP contribution >= 0.6 is 34.9 Å². The van der Waals surface area contributed by atoms with E-state index < -0.39 is 30.1 Å². The number of benzene rings is 1. The van der Waals surface area contributed by atoms with Gasteiger partial charge in [-0.15, -0.1) is 11.3 Å². The van der Waals surface area contributed by atoms with Crippen LogP contribution in [-0.2, 0) is 0 Å². The first kappa shape index (κ1) is 30.1. The molecule has 0 aliphatic rings. The van der Waals surface area contributed by atoms with Gasteiger partial charge in [0, 0.05) is 28.6 Å². The molecular formula is C23H25ClF6N2S2. The summed E-state index contributed by atoms with van der Waals surface area (Å²) in [6, 6.07) is 4.35. The average Bonchev–Trinajstić information content (AvgIpc) is 3.20. The molecule has 1 aromatic heterocycles. The Hall–Kier alpha value is -1.91. The van der Waals surface area contributed by atoms with Crippen molar-refractivity contribution in [2.45, 2.75) is 51.7 Å². The number of alkyl halides is 6. The molecule has 0 saturated carbocycles. The summed E-state index contributed by atoms with van der Waals surface area (Å²) in [4.78, 5) is 4.48. The first-order valence-corrected chi connectivity index (χ1v) is 12.2. The number of rotatable bonds is 8. The number of nitrogens with zero attached hydrogens (tertiary/aromatic N) is 1. The van der Waals surface area contributed by atoms with E-state index in [4.69, 9.17) is 11.6 Å². The maximum absolute atomic E-state index is 12.4. The van der Waals surface area contributed by atoms with Gasteiger partial charge in [-0.25, -0.2) is 4.98 Å². The normalized spacial score (nSPS) is 12.5. The summed E-state index contributed by atoms with van der Waals surface area (Å²) in [6.45, 7) is 9.70. The van der Waals surface area contributed by atoms with Crippen molar-refractivity contribution in [1.29, 1.82) is 0 Å². The molecule has 1 aromatic carbocycles. The van der Waals surface area contributed by atoms with Crippen molar-refractivity contribution < 1.29 is 26.3 Å². The highest BCUT2D eigenvalue weighted by Gasteiger charge is 2.29. The summed E-state index contributed by atoms with van der Waals surface area (Å²) >= 11 is 7.09. The van der Waals surface area contributed by atoms with E-state index in [-0.39, 0.29) is 17.1 Å².